The number of nitrogens with zero attached hydrogens (tertiary/aromatic N) is 2. The molecule has 2 aromatic rings. The molecule has 0 unspecified atom stereocenters. The Morgan fingerprint density at radius 1 is 1.35 bits per heavy atom. The monoisotopic (exact) mass is 313 g/mol. The summed E-state index contributed by atoms with van der Waals surface area (Å²) < 4.78 is 6.39. The summed E-state index contributed by atoms with van der Waals surface area (Å²) >= 11 is 9.34. The fourth-order valence-corrected chi connectivity index (χ4v) is 1.94. The van der Waals surface area contributed by atoms with Crippen molar-refractivity contribution in [2.75, 3.05) is 5.73 Å². The Morgan fingerprint density at radius 2 is 2.12 bits per heavy atom. The summed E-state index contributed by atoms with van der Waals surface area (Å²) in [7, 11) is 0. The van der Waals surface area contributed by atoms with Crippen LogP contribution in [0.15, 0.2) is 29.0 Å². The van der Waals surface area contributed by atoms with Crippen LogP contribution >= 0.6 is 27.5 Å². The van der Waals surface area contributed by atoms with Gasteiger partial charge < -0.3 is 10.5 Å². The van der Waals surface area contributed by atoms with E-state index in [2.05, 4.69) is 25.9 Å². The average molecular weight is 315 g/mol. The lowest BCUT2D eigenvalue weighted by atomic mass is 10.2. The molecule has 2 N–H and O–H groups in total. The number of anilines is 1. The van der Waals surface area contributed by atoms with Gasteiger partial charge >= 0.3 is 0 Å². The number of nitrogen functional groups attached to an aromatic ring is 1. The molecule has 1 aromatic carbocycles. The van der Waals surface area contributed by atoms with Gasteiger partial charge in [0, 0.05) is 0 Å². The van der Waals surface area contributed by atoms with Crippen LogP contribution in [-0.2, 0) is 0 Å². The van der Waals surface area contributed by atoms with Gasteiger partial charge in [0.1, 0.15) is 22.9 Å². The lowest BCUT2D eigenvalue weighted by Crippen LogP contribution is -1.96. The Balaban J connectivity index is 2.35. The van der Waals surface area contributed by atoms with E-state index in [1.54, 1.807) is 0 Å². The van der Waals surface area contributed by atoms with Crippen molar-refractivity contribution in [2.24, 2.45) is 0 Å². The second kappa shape index (κ2) is 4.89. The molecule has 1 heterocycles. The number of aromatic nitrogens is 2. The van der Waals surface area contributed by atoms with Crippen molar-refractivity contribution in [2.45, 2.75) is 6.92 Å². The molecule has 6 heteroatoms. The van der Waals surface area contributed by atoms with Gasteiger partial charge in [-0.15, -0.1) is 0 Å². The molecule has 0 saturated carbocycles. The minimum atomic E-state index is 0.194. The summed E-state index contributed by atoms with van der Waals surface area (Å²) in [6.07, 6.45) is 1.30. The Kier molecular flexibility index (Phi) is 3.49. The molecule has 0 aliphatic carbocycles. The summed E-state index contributed by atoms with van der Waals surface area (Å²) in [5, 5.41) is 0.208. The first kappa shape index (κ1) is 12.1. The van der Waals surface area contributed by atoms with Crippen molar-refractivity contribution in [3.05, 3.63) is 39.6 Å². The Bertz CT molecular complexity index is 562. The third-order valence-corrected chi connectivity index (χ3v) is 3.05. The van der Waals surface area contributed by atoms with Crippen LogP contribution in [0.1, 0.15) is 5.56 Å². The molecule has 0 bridgehead atoms. The lowest BCUT2D eigenvalue weighted by Gasteiger charge is -2.09. The molecular formula is C11H9BrClN3O. The topological polar surface area (TPSA) is 61.0 Å². The van der Waals surface area contributed by atoms with Crippen molar-refractivity contribution in [3.8, 4) is 11.6 Å². The molecule has 0 amide bonds. The number of hydrogen-bond acceptors (Lipinski definition) is 4. The van der Waals surface area contributed by atoms with Crippen LogP contribution in [-0.4, -0.2) is 9.97 Å². The van der Waals surface area contributed by atoms with E-state index in [4.69, 9.17) is 22.1 Å². The SMILES string of the molecule is Cc1ccc(Oc2ncnc(N)c2Cl)c(Br)c1. The molecule has 0 aliphatic rings. The highest BCUT2D eigenvalue weighted by atomic mass is 79.9. The average Bonchev–Trinajstić information content (AvgIpc) is 2.28. The van der Waals surface area contributed by atoms with Gasteiger partial charge in [-0.25, -0.2) is 4.98 Å². The first-order valence-electron chi connectivity index (χ1n) is 4.78. The van der Waals surface area contributed by atoms with Gasteiger partial charge in [0.15, 0.2) is 0 Å². The molecular weight excluding hydrogens is 305 g/mol. The molecule has 0 atom stereocenters. The fourth-order valence-electron chi connectivity index (χ4n) is 1.23. The molecule has 0 saturated heterocycles. The highest BCUT2D eigenvalue weighted by Crippen LogP contribution is 2.34. The second-order valence-electron chi connectivity index (χ2n) is 3.41. The molecule has 88 valence electrons. The maximum Gasteiger partial charge on any atom is 0.243 e. The van der Waals surface area contributed by atoms with Gasteiger partial charge in [-0.2, -0.15) is 4.98 Å². The van der Waals surface area contributed by atoms with Crippen LogP contribution in [0.25, 0.3) is 0 Å². The van der Waals surface area contributed by atoms with Crippen molar-refractivity contribution in [3.63, 3.8) is 0 Å². The Morgan fingerprint density at radius 3 is 2.82 bits per heavy atom. The largest absolute Gasteiger partial charge is 0.436 e. The van der Waals surface area contributed by atoms with Crippen LogP contribution < -0.4 is 10.5 Å². The Hall–Kier alpha value is -1.33. The van der Waals surface area contributed by atoms with Gasteiger partial charge in [0.05, 0.1) is 4.47 Å². The normalized spacial score (nSPS) is 10.3. The molecule has 0 fully saturated rings. The third kappa shape index (κ3) is 2.68. The van der Waals surface area contributed by atoms with E-state index in [0.717, 1.165) is 10.0 Å². The van der Waals surface area contributed by atoms with Gasteiger partial charge in [-0.3, -0.25) is 0 Å². The number of rotatable bonds is 2. The van der Waals surface area contributed by atoms with Gasteiger partial charge in [-0.1, -0.05) is 17.7 Å². The van der Waals surface area contributed by atoms with E-state index in [0.29, 0.717) is 5.75 Å². The van der Waals surface area contributed by atoms with Crippen molar-refractivity contribution in [1.82, 2.24) is 9.97 Å². The van der Waals surface area contributed by atoms with Gasteiger partial charge in [0.2, 0.25) is 5.88 Å². The first-order valence-corrected chi connectivity index (χ1v) is 5.95. The molecule has 17 heavy (non-hydrogen) atoms. The van der Waals surface area contributed by atoms with E-state index < -0.39 is 0 Å². The summed E-state index contributed by atoms with van der Waals surface area (Å²) in [6, 6.07) is 5.69. The summed E-state index contributed by atoms with van der Waals surface area (Å²) in [5.74, 6) is 1.05. The van der Waals surface area contributed by atoms with Gasteiger partial charge in [0.25, 0.3) is 0 Å². The number of halogens is 2. The zero-order chi connectivity index (χ0) is 12.4. The lowest BCUT2D eigenvalue weighted by molar-refractivity contribution is 0.459. The van der Waals surface area contributed by atoms with E-state index in [1.807, 2.05) is 25.1 Å². The highest BCUT2D eigenvalue weighted by molar-refractivity contribution is 9.10. The van der Waals surface area contributed by atoms with E-state index in [9.17, 15) is 0 Å². The quantitative estimate of drug-likeness (QED) is 0.920. The molecule has 0 aliphatic heterocycles. The van der Waals surface area contributed by atoms with E-state index in [-0.39, 0.29) is 16.7 Å². The minimum absolute atomic E-state index is 0.194. The highest BCUT2D eigenvalue weighted by Gasteiger charge is 2.10. The van der Waals surface area contributed by atoms with Crippen molar-refractivity contribution < 1.29 is 4.74 Å². The fraction of sp³-hybridized carbons (Fsp3) is 0.0909. The minimum Gasteiger partial charge on any atom is -0.436 e. The molecule has 4 nitrogen and oxygen atoms in total. The van der Waals surface area contributed by atoms with Crippen molar-refractivity contribution >= 4 is 33.3 Å². The molecule has 1 aromatic heterocycles. The zero-order valence-electron chi connectivity index (χ0n) is 8.95. The number of hydrogen-bond donors (Lipinski definition) is 1. The maximum absolute atomic E-state index is 5.94. The molecule has 0 spiro atoms. The van der Waals surface area contributed by atoms with Crippen LogP contribution in [0.5, 0.6) is 11.6 Å². The second-order valence-corrected chi connectivity index (χ2v) is 4.65. The van der Waals surface area contributed by atoms with Gasteiger partial charge in [-0.05, 0) is 40.5 Å². The predicted octanol–water partition coefficient (Wildman–Crippen LogP) is 3.58. The summed E-state index contributed by atoms with van der Waals surface area (Å²) in [6.45, 7) is 1.99. The smallest absolute Gasteiger partial charge is 0.243 e. The molecule has 0 radical (unpaired) electrons. The zero-order valence-corrected chi connectivity index (χ0v) is 11.3. The van der Waals surface area contributed by atoms with E-state index in [1.165, 1.54) is 6.33 Å². The standard InChI is InChI=1S/C11H9BrClN3O/c1-6-2-3-8(7(12)4-6)17-11-9(13)10(14)15-5-16-11/h2-5H,1H3,(H2,14,15,16). The third-order valence-electron chi connectivity index (χ3n) is 2.08. The van der Waals surface area contributed by atoms with Crippen molar-refractivity contribution in [1.29, 1.82) is 0 Å². The first-order chi connectivity index (χ1) is 8.08. The predicted molar refractivity (Wildman–Crippen MR) is 70.4 cm³/mol. The van der Waals surface area contributed by atoms with Crippen LogP contribution in [0.2, 0.25) is 5.02 Å². The van der Waals surface area contributed by atoms with Crippen LogP contribution in [0, 0.1) is 6.92 Å². The number of nitrogens with two attached hydrogens (primary N) is 1. The van der Waals surface area contributed by atoms with E-state index >= 15 is 0 Å². The number of ether oxygens (including phenoxy) is 1. The summed E-state index contributed by atoms with van der Waals surface area (Å²) in [5.41, 5.74) is 6.68. The summed E-state index contributed by atoms with van der Waals surface area (Å²) in [4.78, 5) is 7.69. The van der Waals surface area contributed by atoms with Crippen LogP contribution in [0.4, 0.5) is 5.82 Å². The number of benzene rings is 1. The Labute approximate surface area is 112 Å². The number of aryl methyl sites for hydroxylation is 1. The maximum atomic E-state index is 5.94. The van der Waals surface area contributed by atoms with Crippen LogP contribution in [0.3, 0.4) is 0 Å². The molecule has 2 rings (SSSR count).